The van der Waals surface area contributed by atoms with Gasteiger partial charge in [0.05, 0.1) is 25.2 Å². The highest BCUT2D eigenvalue weighted by Crippen LogP contribution is 2.15. The van der Waals surface area contributed by atoms with E-state index in [1.54, 1.807) is 18.4 Å². The van der Waals surface area contributed by atoms with Crippen LogP contribution in [0.2, 0.25) is 0 Å². The molecule has 0 aromatic carbocycles. The number of nitrogens with one attached hydrogen (secondary N) is 1. The summed E-state index contributed by atoms with van der Waals surface area (Å²) in [5.41, 5.74) is 1.17. The smallest absolute Gasteiger partial charge is 0.113 e. The van der Waals surface area contributed by atoms with E-state index in [9.17, 15) is 0 Å². The van der Waals surface area contributed by atoms with Gasteiger partial charge in [0, 0.05) is 37.5 Å². The van der Waals surface area contributed by atoms with Crippen LogP contribution in [0.3, 0.4) is 0 Å². The Balaban J connectivity index is 1.91. The van der Waals surface area contributed by atoms with Crippen LogP contribution in [-0.2, 0) is 24.2 Å². The van der Waals surface area contributed by atoms with E-state index >= 15 is 0 Å². The summed E-state index contributed by atoms with van der Waals surface area (Å²) < 4.78 is 7.15. The molecule has 0 unspecified atom stereocenters. The summed E-state index contributed by atoms with van der Waals surface area (Å²) in [7, 11) is 1.71. The van der Waals surface area contributed by atoms with Gasteiger partial charge in [-0.25, -0.2) is 9.97 Å². The first kappa shape index (κ1) is 14.2. The minimum absolute atomic E-state index is 0.723. The van der Waals surface area contributed by atoms with Crippen molar-refractivity contribution in [3.8, 4) is 0 Å². The van der Waals surface area contributed by atoms with Crippen molar-refractivity contribution in [3.63, 3.8) is 0 Å². The zero-order chi connectivity index (χ0) is 13.5. The van der Waals surface area contributed by atoms with Crippen molar-refractivity contribution in [2.24, 2.45) is 0 Å². The van der Waals surface area contributed by atoms with Crippen molar-refractivity contribution in [1.82, 2.24) is 19.9 Å². The standard InChI is InChI=1S/C13H20N4OS/c1-3-12-8-16-13(19-12)9-17-10-15-7-11(17)6-14-4-5-18-2/h7-8,10,14H,3-6,9H2,1-2H3. The number of ether oxygens (including phenoxy) is 1. The average molecular weight is 280 g/mol. The highest BCUT2D eigenvalue weighted by Gasteiger charge is 2.05. The van der Waals surface area contributed by atoms with Crippen LogP contribution in [-0.4, -0.2) is 34.8 Å². The van der Waals surface area contributed by atoms with Gasteiger partial charge in [-0.1, -0.05) is 6.92 Å². The predicted octanol–water partition coefficient (Wildman–Crippen LogP) is 1.69. The third-order valence-corrected chi connectivity index (χ3v) is 3.97. The third-order valence-electron chi connectivity index (χ3n) is 2.84. The fourth-order valence-electron chi connectivity index (χ4n) is 1.76. The molecular formula is C13H20N4OS. The molecular weight excluding hydrogens is 260 g/mol. The fourth-order valence-corrected chi connectivity index (χ4v) is 2.62. The van der Waals surface area contributed by atoms with Gasteiger partial charge in [0.1, 0.15) is 5.01 Å². The SMILES string of the molecule is CCc1cnc(Cn2cncc2CNCCOC)s1. The Bertz CT molecular complexity index is 494. The molecule has 104 valence electrons. The van der Waals surface area contributed by atoms with Gasteiger partial charge in [0.15, 0.2) is 0 Å². The molecule has 2 rings (SSSR count). The Labute approximate surface area is 117 Å². The summed E-state index contributed by atoms with van der Waals surface area (Å²) in [6.45, 7) is 5.32. The van der Waals surface area contributed by atoms with Gasteiger partial charge in [-0.2, -0.15) is 0 Å². The maximum Gasteiger partial charge on any atom is 0.113 e. The molecule has 0 radical (unpaired) electrons. The summed E-state index contributed by atoms with van der Waals surface area (Å²) in [6, 6.07) is 0. The first-order chi connectivity index (χ1) is 9.33. The molecule has 0 saturated heterocycles. The van der Waals surface area contributed by atoms with Crippen LogP contribution in [0.25, 0.3) is 0 Å². The third kappa shape index (κ3) is 4.12. The van der Waals surface area contributed by atoms with E-state index < -0.39 is 0 Å². The number of thiazole rings is 1. The molecule has 1 N–H and O–H groups in total. The van der Waals surface area contributed by atoms with Crippen LogP contribution in [0, 0.1) is 0 Å². The molecule has 6 heteroatoms. The fraction of sp³-hybridized carbons (Fsp3) is 0.538. The lowest BCUT2D eigenvalue weighted by molar-refractivity contribution is 0.199. The van der Waals surface area contributed by atoms with Crippen LogP contribution >= 0.6 is 11.3 Å². The summed E-state index contributed by atoms with van der Waals surface area (Å²) >= 11 is 1.77. The van der Waals surface area contributed by atoms with Crippen molar-refractivity contribution in [1.29, 1.82) is 0 Å². The van der Waals surface area contributed by atoms with Crippen LogP contribution in [0.1, 0.15) is 22.5 Å². The number of aromatic nitrogens is 3. The highest BCUT2D eigenvalue weighted by molar-refractivity contribution is 7.11. The number of nitrogens with zero attached hydrogens (tertiary/aromatic N) is 3. The Morgan fingerprint density at radius 2 is 2.32 bits per heavy atom. The predicted molar refractivity (Wildman–Crippen MR) is 76.4 cm³/mol. The van der Waals surface area contributed by atoms with Crippen molar-refractivity contribution in [2.45, 2.75) is 26.4 Å². The molecule has 2 aromatic heterocycles. The van der Waals surface area contributed by atoms with Crippen molar-refractivity contribution in [3.05, 3.63) is 34.3 Å². The molecule has 5 nitrogen and oxygen atoms in total. The first-order valence-electron chi connectivity index (χ1n) is 6.45. The molecule has 0 fully saturated rings. The molecule has 2 heterocycles. The van der Waals surface area contributed by atoms with E-state index in [2.05, 4.69) is 26.8 Å². The maximum atomic E-state index is 5.01. The Hall–Kier alpha value is -1.24. The molecule has 0 saturated carbocycles. The topological polar surface area (TPSA) is 52.0 Å². The lowest BCUT2D eigenvalue weighted by Crippen LogP contribution is -2.20. The van der Waals surface area contributed by atoms with Crippen LogP contribution in [0.4, 0.5) is 0 Å². The molecule has 0 aliphatic rings. The second-order valence-corrected chi connectivity index (χ2v) is 5.46. The number of imidazole rings is 1. The molecule has 0 amide bonds. The van der Waals surface area contributed by atoms with Gasteiger partial charge in [0.2, 0.25) is 0 Å². The minimum Gasteiger partial charge on any atom is -0.383 e. The summed E-state index contributed by atoms with van der Waals surface area (Å²) in [5, 5.41) is 4.46. The van der Waals surface area contributed by atoms with E-state index in [0.29, 0.717) is 0 Å². The van der Waals surface area contributed by atoms with E-state index in [-0.39, 0.29) is 0 Å². The maximum absolute atomic E-state index is 5.01. The second-order valence-electron chi connectivity index (χ2n) is 4.26. The molecule has 0 aliphatic heterocycles. The van der Waals surface area contributed by atoms with Gasteiger partial charge < -0.3 is 14.6 Å². The second kappa shape index (κ2) is 7.37. The molecule has 0 spiro atoms. The zero-order valence-electron chi connectivity index (χ0n) is 11.4. The molecule has 19 heavy (non-hydrogen) atoms. The van der Waals surface area contributed by atoms with E-state index in [4.69, 9.17) is 4.74 Å². The Morgan fingerprint density at radius 3 is 3.05 bits per heavy atom. The van der Waals surface area contributed by atoms with Gasteiger partial charge >= 0.3 is 0 Å². The lowest BCUT2D eigenvalue weighted by atomic mass is 10.4. The zero-order valence-corrected chi connectivity index (χ0v) is 12.2. The minimum atomic E-state index is 0.723. The van der Waals surface area contributed by atoms with E-state index in [1.165, 1.54) is 10.6 Å². The van der Waals surface area contributed by atoms with Gasteiger partial charge in [-0.3, -0.25) is 0 Å². The van der Waals surface area contributed by atoms with Crippen molar-refractivity contribution >= 4 is 11.3 Å². The Morgan fingerprint density at radius 1 is 1.42 bits per heavy atom. The number of methoxy groups -OCH3 is 1. The number of aryl methyl sites for hydroxylation is 1. The molecule has 0 aliphatic carbocycles. The van der Waals surface area contributed by atoms with Gasteiger partial charge in [-0.15, -0.1) is 11.3 Å². The van der Waals surface area contributed by atoms with E-state index in [1.807, 2.05) is 18.7 Å². The number of hydrogen-bond donors (Lipinski definition) is 1. The number of rotatable bonds is 8. The normalized spacial score (nSPS) is 11.1. The lowest BCUT2D eigenvalue weighted by Gasteiger charge is -2.07. The summed E-state index contributed by atoms with van der Waals surface area (Å²) in [5.74, 6) is 0. The van der Waals surface area contributed by atoms with Crippen LogP contribution in [0.5, 0.6) is 0 Å². The molecule has 0 atom stereocenters. The first-order valence-corrected chi connectivity index (χ1v) is 7.27. The monoisotopic (exact) mass is 280 g/mol. The Kier molecular flexibility index (Phi) is 5.50. The van der Waals surface area contributed by atoms with Crippen molar-refractivity contribution < 1.29 is 4.74 Å². The average Bonchev–Trinajstić information content (AvgIpc) is 3.05. The summed E-state index contributed by atoms with van der Waals surface area (Å²) in [6.07, 6.45) is 6.77. The summed E-state index contributed by atoms with van der Waals surface area (Å²) in [4.78, 5) is 9.98. The van der Waals surface area contributed by atoms with Crippen LogP contribution in [0.15, 0.2) is 18.7 Å². The molecule has 0 bridgehead atoms. The van der Waals surface area contributed by atoms with Gasteiger partial charge in [-0.05, 0) is 6.42 Å². The highest BCUT2D eigenvalue weighted by atomic mass is 32.1. The van der Waals surface area contributed by atoms with Gasteiger partial charge in [0.25, 0.3) is 0 Å². The van der Waals surface area contributed by atoms with Crippen LogP contribution < -0.4 is 5.32 Å². The number of hydrogen-bond acceptors (Lipinski definition) is 5. The quantitative estimate of drug-likeness (QED) is 0.748. The largest absolute Gasteiger partial charge is 0.383 e. The molecule has 2 aromatic rings. The van der Waals surface area contributed by atoms with E-state index in [0.717, 1.165) is 37.7 Å². The van der Waals surface area contributed by atoms with Crippen molar-refractivity contribution in [2.75, 3.05) is 20.3 Å².